The summed E-state index contributed by atoms with van der Waals surface area (Å²) in [6.45, 7) is 0. The Morgan fingerprint density at radius 2 is 1.84 bits per heavy atom. The predicted molar refractivity (Wildman–Crippen MR) is 75.4 cm³/mol. The second-order valence-corrected chi connectivity index (χ2v) is 4.84. The lowest BCUT2D eigenvalue weighted by molar-refractivity contribution is 0.584. The van der Waals surface area contributed by atoms with Crippen molar-refractivity contribution in [3.05, 3.63) is 58.5 Å². The van der Waals surface area contributed by atoms with Crippen LogP contribution < -0.4 is 11.5 Å². The van der Waals surface area contributed by atoms with E-state index in [2.05, 4.69) is 4.98 Å². The van der Waals surface area contributed by atoms with E-state index >= 15 is 0 Å². The molecule has 1 unspecified atom stereocenters. The number of halogens is 2. The molecule has 19 heavy (non-hydrogen) atoms. The van der Waals surface area contributed by atoms with Gasteiger partial charge in [0.2, 0.25) is 0 Å². The lowest BCUT2D eigenvalue weighted by atomic mass is 10.00. The molecule has 100 valence electrons. The average Bonchev–Trinajstić information content (AvgIpc) is 2.38. The Labute approximate surface area is 116 Å². The molecule has 5 heteroatoms. The molecule has 0 radical (unpaired) electrons. The van der Waals surface area contributed by atoms with E-state index in [4.69, 9.17) is 23.1 Å². The minimum absolute atomic E-state index is 0.116. The third-order valence-corrected chi connectivity index (χ3v) is 3.21. The van der Waals surface area contributed by atoms with Gasteiger partial charge >= 0.3 is 0 Å². The van der Waals surface area contributed by atoms with Crippen LogP contribution in [0.1, 0.15) is 11.1 Å². The summed E-state index contributed by atoms with van der Waals surface area (Å²) in [7, 11) is 0. The fourth-order valence-corrected chi connectivity index (χ4v) is 2.16. The van der Waals surface area contributed by atoms with Gasteiger partial charge in [0, 0.05) is 12.2 Å². The molecule has 4 N–H and O–H groups in total. The van der Waals surface area contributed by atoms with Gasteiger partial charge in [0.1, 0.15) is 11.6 Å². The van der Waals surface area contributed by atoms with Gasteiger partial charge in [-0.3, -0.25) is 0 Å². The monoisotopic (exact) mass is 279 g/mol. The van der Waals surface area contributed by atoms with Crippen molar-refractivity contribution in [2.45, 2.75) is 18.9 Å². The highest BCUT2D eigenvalue weighted by atomic mass is 35.5. The summed E-state index contributed by atoms with van der Waals surface area (Å²) in [6, 6.07) is 8.36. The highest BCUT2D eigenvalue weighted by Crippen LogP contribution is 2.20. The number of nitrogens with zero attached hydrogens (tertiary/aromatic N) is 1. The molecule has 0 aliphatic rings. The molecule has 2 rings (SSSR count). The molecule has 0 fully saturated rings. The number of anilines is 1. The average molecular weight is 280 g/mol. The summed E-state index contributed by atoms with van der Waals surface area (Å²) in [5, 5.41) is 0.116. The second-order valence-electron chi connectivity index (χ2n) is 4.43. The number of benzene rings is 1. The maximum Gasteiger partial charge on any atom is 0.145 e. The summed E-state index contributed by atoms with van der Waals surface area (Å²) in [5.41, 5.74) is 13.2. The van der Waals surface area contributed by atoms with Gasteiger partial charge in [0.25, 0.3) is 0 Å². The van der Waals surface area contributed by atoms with Gasteiger partial charge in [-0.25, -0.2) is 9.37 Å². The van der Waals surface area contributed by atoms with Crippen molar-refractivity contribution >= 4 is 17.4 Å². The largest absolute Gasteiger partial charge is 0.383 e. The van der Waals surface area contributed by atoms with Gasteiger partial charge in [-0.05, 0) is 36.1 Å². The fourth-order valence-electron chi connectivity index (χ4n) is 1.97. The van der Waals surface area contributed by atoms with Gasteiger partial charge in [-0.1, -0.05) is 29.8 Å². The zero-order valence-electron chi connectivity index (χ0n) is 10.3. The Hall–Kier alpha value is -1.65. The fraction of sp³-hybridized carbons (Fsp3) is 0.214. The predicted octanol–water partition coefficient (Wildman–Crippen LogP) is 2.57. The van der Waals surface area contributed by atoms with E-state index in [9.17, 15) is 4.39 Å². The van der Waals surface area contributed by atoms with Crippen molar-refractivity contribution in [3.8, 4) is 0 Å². The van der Waals surface area contributed by atoms with E-state index in [1.165, 1.54) is 6.07 Å². The highest BCUT2D eigenvalue weighted by Gasteiger charge is 2.12. The van der Waals surface area contributed by atoms with E-state index in [0.717, 1.165) is 5.56 Å². The van der Waals surface area contributed by atoms with E-state index in [1.54, 1.807) is 24.4 Å². The number of hydrogen-bond donors (Lipinski definition) is 2. The summed E-state index contributed by atoms with van der Waals surface area (Å²) in [6.07, 6.45) is 2.58. The molecular formula is C14H15ClFN3. The van der Waals surface area contributed by atoms with Crippen LogP contribution in [0, 0.1) is 5.82 Å². The van der Waals surface area contributed by atoms with Gasteiger partial charge in [-0.15, -0.1) is 0 Å². The Morgan fingerprint density at radius 1 is 1.16 bits per heavy atom. The third-order valence-electron chi connectivity index (χ3n) is 2.92. The number of rotatable bonds is 4. The lowest BCUT2D eigenvalue weighted by Gasteiger charge is -2.13. The maximum absolute atomic E-state index is 13.8. The van der Waals surface area contributed by atoms with Crippen LogP contribution in [0.3, 0.4) is 0 Å². The standard InChI is InChI=1S/C14H15ClFN3/c15-12-5-1-3-9(13(12)16)7-11(17)8-10-4-2-6-19-14(10)18/h1-6,11H,7-8,17H2,(H2,18,19). The minimum atomic E-state index is -0.404. The van der Waals surface area contributed by atoms with E-state index in [1.807, 2.05) is 6.07 Å². The summed E-state index contributed by atoms with van der Waals surface area (Å²) >= 11 is 5.74. The third kappa shape index (κ3) is 3.43. The van der Waals surface area contributed by atoms with Crippen LogP contribution in [0.4, 0.5) is 10.2 Å². The Bertz CT molecular complexity index is 574. The molecule has 1 aromatic carbocycles. The number of nitrogen functional groups attached to an aromatic ring is 1. The van der Waals surface area contributed by atoms with E-state index in [0.29, 0.717) is 24.2 Å². The number of aromatic nitrogens is 1. The van der Waals surface area contributed by atoms with Crippen molar-refractivity contribution < 1.29 is 4.39 Å². The lowest BCUT2D eigenvalue weighted by Crippen LogP contribution is -2.26. The smallest absolute Gasteiger partial charge is 0.145 e. The van der Waals surface area contributed by atoms with Crippen LogP contribution in [0.2, 0.25) is 5.02 Å². The van der Waals surface area contributed by atoms with Gasteiger partial charge in [0.15, 0.2) is 0 Å². The van der Waals surface area contributed by atoms with Crippen molar-refractivity contribution in [2.75, 3.05) is 5.73 Å². The molecule has 0 saturated heterocycles. The quantitative estimate of drug-likeness (QED) is 0.904. The normalized spacial score (nSPS) is 12.4. The summed E-state index contributed by atoms with van der Waals surface area (Å²) < 4.78 is 13.8. The summed E-state index contributed by atoms with van der Waals surface area (Å²) in [4.78, 5) is 4.00. The Kier molecular flexibility index (Phi) is 4.35. The van der Waals surface area contributed by atoms with Crippen molar-refractivity contribution in [1.29, 1.82) is 0 Å². The van der Waals surface area contributed by atoms with E-state index in [-0.39, 0.29) is 11.1 Å². The number of hydrogen-bond acceptors (Lipinski definition) is 3. The first-order valence-corrected chi connectivity index (χ1v) is 6.33. The molecule has 0 amide bonds. The van der Waals surface area contributed by atoms with Crippen molar-refractivity contribution in [3.63, 3.8) is 0 Å². The minimum Gasteiger partial charge on any atom is -0.383 e. The topological polar surface area (TPSA) is 64.9 Å². The van der Waals surface area contributed by atoms with Gasteiger partial charge < -0.3 is 11.5 Å². The molecule has 2 aromatic rings. The first-order chi connectivity index (χ1) is 9.08. The molecule has 0 spiro atoms. The molecule has 0 saturated carbocycles. The van der Waals surface area contributed by atoms with E-state index < -0.39 is 5.82 Å². The van der Waals surface area contributed by atoms with Gasteiger partial charge in [0.05, 0.1) is 5.02 Å². The first-order valence-electron chi connectivity index (χ1n) is 5.95. The second kappa shape index (κ2) is 5.99. The van der Waals surface area contributed by atoms with Crippen molar-refractivity contribution in [2.24, 2.45) is 5.73 Å². The molecule has 0 aliphatic carbocycles. The molecule has 1 aromatic heterocycles. The first kappa shape index (κ1) is 13.8. The Morgan fingerprint density at radius 3 is 2.58 bits per heavy atom. The van der Waals surface area contributed by atoms with Crippen LogP contribution in [0.5, 0.6) is 0 Å². The SMILES string of the molecule is Nc1ncccc1CC(N)Cc1cccc(Cl)c1F. The Balaban J connectivity index is 2.08. The molecule has 0 bridgehead atoms. The zero-order chi connectivity index (χ0) is 13.8. The number of pyridine rings is 1. The molecule has 1 heterocycles. The molecular weight excluding hydrogens is 265 g/mol. The molecule has 0 aliphatic heterocycles. The van der Waals surface area contributed by atoms with Crippen LogP contribution in [0.25, 0.3) is 0 Å². The zero-order valence-corrected chi connectivity index (χ0v) is 11.1. The van der Waals surface area contributed by atoms with Gasteiger partial charge in [-0.2, -0.15) is 0 Å². The highest BCUT2D eigenvalue weighted by molar-refractivity contribution is 6.30. The molecule has 3 nitrogen and oxygen atoms in total. The van der Waals surface area contributed by atoms with Crippen LogP contribution in [-0.4, -0.2) is 11.0 Å². The van der Waals surface area contributed by atoms with Crippen LogP contribution in [-0.2, 0) is 12.8 Å². The van der Waals surface area contributed by atoms with Crippen LogP contribution in [0.15, 0.2) is 36.5 Å². The number of nitrogens with two attached hydrogens (primary N) is 2. The summed E-state index contributed by atoms with van der Waals surface area (Å²) in [5.74, 6) is 0.0586. The maximum atomic E-state index is 13.8. The van der Waals surface area contributed by atoms with Crippen molar-refractivity contribution in [1.82, 2.24) is 4.98 Å². The van der Waals surface area contributed by atoms with Crippen LogP contribution >= 0.6 is 11.6 Å². The molecule has 1 atom stereocenters.